The van der Waals surface area contributed by atoms with Crippen LogP contribution in [0.25, 0.3) is 0 Å². The number of rotatable bonds is 7. The molecule has 0 unspecified atom stereocenters. The van der Waals surface area contributed by atoms with E-state index in [-0.39, 0.29) is 11.8 Å². The van der Waals surface area contributed by atoms with E-state index in [1.807, 2.05) is 36.6 Å². The lowest BCUT2D eigenvalue weighted by atomic mass is 9.96. The Morgan fingerprint density at radius 1 is 1.23 bits per heavy atom. The second-order valence-corrected chi connectivity index (χ2v) is 9.34. The van der Waals surface area contributed by atoms with E-state index in [0.717, 1.165) is 5.56 Å². The maximum atomic E-state index is 13.1. The fourth-order valence-corrected chi connectivity index (χ4v) is 3.94. The Morgan fingerprint density at radius 2 is 1.90 bits per heavy atom. The van der Waals surface area contributed by atoms with Crippen LogP contribution in [0.2, 0.25) is 0 Å². The second kappa shape index (κ2) is 10.7. The third-order valence-electron chi connectivity index (χ3n) is 4.92. The number of carbonyl (C=O) groups excluding carboxylic acids is 3. The van der Waals surface area contributed by atoms with Crippen molar-refractivity contribution in [1.82, 2.24) is 10.2 Å². The maximum absolute atomic E-state index is 13.1. The largest absolute Gasteiger partial charge is 0.467 e. The van der Waals surface area contributed by atoms with Gasteiger partial charge in [-0.05, 0) is 51.2 Å². The van der Waals surface area contributed by atoms with E-state index in [1.54, 1.807) is 32.5 Å². The highest BCUT2D eigenvalue weighted by Crippen LogP contribution is 2.33. The SMILES string of the molecule is COC(=O)[C@H](CCSC)NC(=O)[C@@H]1C[C@H](c2ccccc2)CN1C(=O)OC(C)(C)C. The minimum absolute atomic E-state index is 0.0113. The molecule has 1 aliphatic rings. The van der Waals surface area contributed by atoms with Crippen molar-refractivity contribution < 1.29 is 23.9 Å². The molecular weight excluding hydrogens is 404 g/mol. The molecule has 2 amide bonds. The molecule has 1 aliphatic heterocycles. The highest BCUT2D eigenvalue weighted by atomic mass is 32.2. The van der Waals surface area contributed by atoms with Gasteiger partial charge in [-0.25, -0.2) is 9.59 Å². The van der Waals surface area contributed by atoms with Crippen LogP contribution in [0.4, 0.5) is 4.79 Å². The zero-order valence-corrected chi connectivity index (χ0v) is 19.2. The molecule has 3 atom stereocenters. The van der Waals surface area contributed by atoms with Gasteiger partial charge in [0.1, 0.15) is 17.7 Å². The van der Waals surface area contributed by atoms with Gasteiger partial charge in [0.05, 0.1) is 7.11 Å². The normalized spacial score (nSPS) is 19.8. The molecule has 0 saturated carbocycles. The highest BCUT2D eigenvalue weighted by Gasteiger charge is 2.42. The minimum atomic E-state index is -0.744. The molecular formula is C22H32N2O5S. The van der Waals surface area contributed by atoms with Crippen molar-refractivity contribution in [3.8, 4) is 0 Å². The monoisotopic (exact) mass is 436 g/mol. The predicted molar refractivity (Wildman–Crippen MR) is 117 cm³/mol. The Balaban J connectivity index is 2.21. The van der Waals surface area contributed by atoms with Gasteiger partial charge in [-0.1, -0.05) is 30.3 Å². The number of methoxy groups -OCH3 is 1. The molecule has 1 aromatic carbocycles. The van der Waals surface area contributed by atoms with Crippen LogP contribution < -0.4 is 5.32 Å². The van der Waals surface area contributed by atoms with Crippen LogP contribution >= 0.6 is 11.8 Å². The average Bonchev–Trinajstić information content (AvgIpc) is 3.15. The Labute approximate surface area is 182 Å². The molecule has 8 heteroatoms. The van der Waals surface area contributed by atoms with E-state index in [1.165, 1.54) is 12.0 Å². The summed E-state index contributed by atoms with van der Waals surface area (Å²) in [6.45, 7) is 5.76. The zero-order valence-electron chi connectivity index (χ0n) is 18.3. The summed E-state index contributed by atoms with van der Waals surface area (Å²) in [6, 6.07) is 8.34. The smallest absolute Gasteiger partial charge is 0.410 e. The first-order valence-electron chi connectivity index (χ1n) is 10.1. The summed E-state index contributed by atoms with van der Waals surface area (Å²) in [5.74, 6) is -0.139. The Hall–Kier alpha value is -2.22. The molecule has 1 saturated heterocycles. The molecule has 7 nitrogen and oxygen atoms in total. The number of hydrogen-bond acceptors (Lipinski definition) is 6. The lowest BCUT2D eigenvalue weighted by molar-refractivity contribution is -0.145. The fourth-order valence-electron chi connectivity index (χ4n) is 3.47. The number of carbonyl (C=O) groups is 3. The van der Waals surface area contributed by atoms with Gasteiger partial charge < -0.3 is 14.8 Å². The van der Waals surface area contributed by atoms with Crippen molar-refractivity contribution in [3.63, 3.8) is 0 Å². The molecule has 166 valence electrons. The van der Waals surface area contributed by atoms with Crippen LogP contribution in [-0.2, 0) is 19.1 Å². The van der Waals surface area contributed by atoms with Crippen LogP contribution in [0.1, 0.15) is 45.1 Å². The van der Waals surface area contributed by atoms with E-state index in [0.29, 0.717) is 25.1 Å². The average molecular weight is 437 g/mol. The number of amides is 2. The first-order chi connectivity index (χ1) is 14.2. The fraction of sp³-hybridized carbons (Fsp3) is 0.591. The number of benzene rings is 1. The van der Waals surface area contributed by atoms with Crippen LogP contribution in [0.3, 0.4) is 0 Å². The number of nitrogens with zero attached hydrogens (tertiary/aromatic N) is 1. The minimum Gasteiger partial charge on any atom is -0.467 e. The molecule has 0 aliphatic carbocycles. The van der Waals surface area contributed by atoms with E-state index in [4.69, 9.17) is 9.47 Å². The van der Waals surface area contributed by atoms with E-state index < -0.39 is 29.7 Å². The molecule has 1 heterocycles. The van der Waals surface area contributed by atoms with Gasteiger partial charge in [0.25, 0.3) is 0 Å². The number of esters is 1. The second-order valence-electron chi connectivity index (χ2n) is 8.36. The molecule has 0 bridgehead atoms. The summed E-state index contributed by atoms with van der Waals surface area (Å²) < 4.78 is 10.4. The van der Waals surface area contributed by atoms with Crippen LogP contribution in [0.5, 0.6) is 0 Å². The molecule has 0 spiro atoms. The third kappa shape index (κ3) is 6.65. The van der Waals surface area contributed by atoms with Crippen molar-refractivity contribution in [2.75, 3.05) is 25.7 Å². The number of likely N-dealkylation sites (tertiary alicyclic amines) is 1. The molecule has 0 radical (unpaired) electrons. The standard InChI is InChI=1S/C22H32N2O5S/c1-22(2,3)29-21(27)24-14-16(15-9-7-6-8-10-15)13-18(24)19(25)23-17(11-12-30-5)20(26)28-4/h6-10,16-18H,11-14H2,1-5H3,(H,23,25)/t16-,17-,18-/m0/s1. The zero-order chi connectivity index (χ0) is 22.3. The van der Waals surface area contributed by atoms with Gasteiger partial charge in [-0.3, -0.25) is 9.69 Å². The topological polar surface area (TPSA) is 84.9 Å². The molecule has 2 rings (SSSR count). The molecule has 1 aromatic rings. The van der Waals surface area contributed by atoms with Crippen LogP contribution in [0, 0.1) is 0 Å². The lowest BCUT2D eigenvalue weighted by Crippen LogP contribution is -2.52. The molecule has 1 fully saturated rings. The van der Waals surface area contributed by atoms with Crippen molar-refractivity contribution in [2.45, 2.75) is 57.2 Å². The van der Waals surface area contributed by atoms with Crippen LogP contribution in [-0.4, -0.2) is 66.2 Å². The molecule has 30 heavy (non-hydrogen) atoms. The van der Waals surface area contributed by atoms with Gasteiger partial charge in [-0.2, -0.15) is 11.8 Å². The number of thioether (sulfide) groups is 1. The molecule has 1 N–H and O–H groups in total. The first-order valence-corrected chi connectivity index (χ1v) is 11.5. The summed E-state index contributed by atoms with van der Waals surface area (Å²) in [4.78, 5) is 39.5. The van der Waals surface area contributed by atoms with Crippen molar-refractivity contribution >= 4 is 29.7 Å². The highest BCUT2D eigenvalue weighted by molar-refractivity contribution is 7.98. The van der Waals surface area contributed by atoms with Gasteiger partial charge >= 0.3 is 12.1 Å². The van der Waals surface area contributed by atoms with E-state index >= 15 is 0 Å². The van der Waals surface area contributed by atoms with Gasteiger partial charge in [0.15, 0.2) is 0 Å². The van der Waals surface area contributed by atoms with Crippen LogP contribution in [0.15, 0.2) is 30.3 Å². The third-order valence-corrected chi connectivity index (χ3v) is 5.56. The van der Waals surface area contributed by atoms with Gasteiger partial charge in [0.2, 0.25) is 5.91 Å². The van der Waals surface area contributed by atoms with Crippen molar-refractivity contribution in [1.29, 1.82) is 0 Å². The van der Waals surface area contributed by atoms with E-state index in [9.17, 15) is 14.4 Å². The first kappa shape index (κ1) is 24.1. The maximum Gasteiger partial charge on any atom is 0.410 e. The number of nitrogens with one attached hydrogen (secondary N) is 1. The van der Waals surface area contributed by atoms with Crippen molar-refractivity contribution in [2.24, 2.45) is 0 Å². The number of hydrogen-bond donors (Lipinski definition) is 1. The van der Waals surface area contributed by atoms with Gasteiger partial charge in [0, 0.05) is 12.5 Å². The van der Waals surface area contributed by atoms with E-state index in [2.05, 4.69) is 5.32 Å². The molecule has 0 aromatic heterocycles. The summed E-state index contributed by atoms with van der Waals surface area (Å²) >= 11 is 1.58. The Morgan fingerprint density at radius 3 is 2.47 bits per heavy atom. The van der Waals surface area contributed by atoms with Crippen molar-refractivity contribution in [3.05, 3.63) is 35.9 Å². The lowest BCUT2D eigenvalue weighted by Gasteiger charge is -2.28. The summed E-state index contributed by atoms with van der Waals surface area (Å²) in [5, 5.41) is 2.79. The summed E-state index contributed by atoms with van der Waals surface area (Å²) in [7, 11) is 1.30. The predicted octanol–water partition coefficient (Wildman–Crippen LogP) is 3.19. The Kier molecular flexibility index (Phi) is 8.58. The van der Waals surface area contributed by atoms with Gasteiger partial charge in [-0.15, -0.1) is 0 Å². The Bertz CT molecular complexity index is 735. The number of ether oxygens (including phenoxy) is 2. The summed E-state index contributed by atoms with van der Waals surface area (Å²) in [6.07, 6.45) is 2.33. The quantitative estimate of drug-likeness (QED) is 0.661. The summed E-state index contributed by atoms with van der Waals surface area (Å²) in [5.41, 5.74) is 0.392.